The number of benzene rings is 13. The van der Waals surface area contributed by atoms with E-state index in [9.17, 15) is 19.2 Å². The summed E-state index contributed by atoms with van der Waals surface area (Å²) in [6.07, 6.45) is 19.0. The number of aryl methyl sites for hydroxylation is 19. The van der Waals surface area contributed by atoms with Gasteiger partial charge in [0.25, 0.3) is 11.1 Å². The van der Waals surface area contributed by atoms with Crippen LogP contribution in [0.25, 0.3) is 56.9 Å². The van der Waals surface area contributed by atoms with Gasteiger partial charge in [0.05, 0.1) is 24.6 Å². The molecule has 0 unspecified atom stereocenters. The van der Waals surface area contributed by atoms with E-state index in [1.165, 1.54) is 167 Å². The van der Waals surface area contributed by atoms with Crippen LogP contribution < -0.4 is 16.8 Å². The van der Waals surface area contributed by atoms with Gasteiger partial charge in [-0.3, -0.25) is 23.7 Å². The largest absolute Gasteiger partial charge is 0.324 e. The second kappa shape index (κ2) is 62.8. The maximum absolute atomic E-state index is 12.2. The molecule has 149 heavy (non-hydrogen) atoms. The third-order valence-corrected chi connectivity index (χ3v) is 25.7. The van der Waals surface area contributed by atoms with Crippen molar-refractivity contribution in [2.45, 2.75) is 228 Å². The molecule has 13 aromatic carbocycles. The second-order valence-electron chi connectivity index (χ2n) is 37.1. The van der Waals surface area contributed by atoms with Crippen LogP contribution in [0.3, 0.4) is 0 Å². The molecule has 0 aliphatic carbocycles. The molecule has 0 aliphatic rings. The molecule has 787 valence electrons. The summed E-state index contributed by atoms with van der Waals surface area (Å²) in [6, 6.07) is 93.2. The van der Waals surface area contributed by atoms with Gasteiger partial charge in [0.15, 0.2) is 39.4 Å². The molecule has 0 fully saturated rings. The predicted octanol–water partition coefficient (Wildman–Crippen LogP) is 35.3. The molecule has 0 saturated heterocycles. The number of nitrogens with two attached hydrogens (primary N) is 2. The van der Waals surface area contributed by atoms with Crippen molar-refractivity contribution >= 4 is 133 Å². The van der Waals surface area contributed by atoms with Crippen molar-refractivity contribution in [3.63, 3.8) is 0 Å². The van der Waals surface area contributed by atoms with Gasteiger partial charge in [0.2, 0.25) is 0 Å². The third kappa shape index (κ3) is 39.7. The molecule has 5 N–H and O–H groups in total. The van der Waals surface area contributed by atoms with E-state index in [1.807, 2.05) is 175 Å². The van der Waals surface area contributed by atoms with E-state index in [0.717, 1.165) is 109 Å². The topological polar surface area (TPSA) is 218 Å². The number of anilines is 1. The molecule has 15 rings (SSSR count). The number of amides is 1. The van der Waals surface area contributed by atoms with Crippen LogP contribution in [0.15, 0.2) is 283 Å². The zero-order chi connectivity index (χ0) is 108. The molecule has 0 bridgehead atoms. The number of hydrogen-bond donors (Lipinski definition) is 3. The summed E-state index contributed by atoms with van der Waals surface area (Å²) >= 11 is 42.6. The van der Waals surface area contributed by atoms with Crippen LogP contribution >= 0.6 is 94.4 Å². The van der Waals surface area contributed by atoms with Gasteiger partial charge in [-0.2, -0.15) is 5.10 Å². The van der Waals surface area contributed by atoms with Gasteiger partial charge in [-0.1, -0.05) is 350 Å². The fourth-order valence-electron chi connectivity index (χ4n) is 17.6. The van der Waals surface area contributed by atoms with Crippen molar-refractivity contribution in [3.8, 4) is 56.9 Å². The normalized spacial score (nSPS) is 11.2. The number of unbranched alkanes of at least 4 members (excludes halogenated alkanes) is 9. The Bertz CT molecular complexity index is 6570. The predicted molar refractivity (Wildman–Crippen MR) is 633 cm³/mol. The van der Waals surface area contributed by atoms with E-state index in [1.54, 1.807) is 36.4 Å². The summed E-state index contributed by atoms with van der Waals surface area (Å²) in [4.78, 5) is 45.8. The average molecular weight is 2360 g/mol. The number of hydrogen-bond acceptors (Lipinski definition) is 12. The Morgan fingerprint density at radius 3 is 1.00 bits per heavy atom. The quantitative estimate of drug-likeness (QED) is 0.00545. The van der Waals surface area contributed by atoms with Gasteiger partial charge < -0.3 is 21.4 Å². The molecular formula is C124H141Cl8IrN11O4P-. The number of rotatable bonds is 31. The van der Waals surface area contributed by atoms with Crippen molar-refractivity contribution in [2.24, 2.45) is 15.9 Å². The van der Waals surface area contributed by atoms with Crippen LogP contribution in [-0.4, -0.2) is 75.7 Å². The van der Waals surface area contributed by atoms with E-state index in [0.29, 0.717) is 32.6 Å². The minimum absolute atomic E-state index is 0. The number of aromatic nitrogens is 6. The number of nitrogens with one attached hydrogen (secondary N) is 1. The van der Waals surface area contributed by atoms with Crippen LogP contribution in [0.1, 0.15) is 256 Å². The summed E-state index contributed by atoms with van der Waals surface area (Å²) in [5.74, 6) is 3.20. The third-order valence-electron chi connectivity index (χ3n) is 25.0. The van der Waals surface area contributed by atoms with Crippen LogP contribution in [0.2, 0.25) is 0 Å². The summed E-state index contributed by atoms with van der Waals surface area (Å²) in [7, 11) is 0. The molecule has 0 saturated carbocycles. The van der Waals surface area contributed by atoms with Crippen molar-refractivity contribution in [1.82, 2.24) is 34.8 Å². The monoisotopic (exact) mass is 2350 g/mol. The van der Waals surface area contributed by atoms with E-state index in [-0.39, 0.29) is 55.9 Å². The van der Waals surface area contributed by atoms with Crippen LogP contribution in [0.5, 0.6) is 0 Å². The fourth-order valence-corrected chi connectivity index (χ4v) is 18.4. The molecule has 1 amide bonds. The molecule has 0 aliphatic heterocycles. The van der Waals surface area contributed by atoms with Gasteiger partial charge in [-0.15, -0.1) is 61.4 Å². The number of nitrogen functional groups attached to an aromatic ring is 1. The number of nitrogens with zero attached hydrogens (tertiary/aromatic N) is 8. The summed E-state index contributed by atoms with van der Waals surface area (Å²) in [5, 5.41) is 29.9. The fraction of sp³-hybridized carbons (Fsp3) is 0.290. The van der Waals surface area contributed by atoms with Gasteiger partial charge in [0.1, 0.15) is 0 Å². The minimum Gasteiger partial charge on any atom is -0.324 e. The summed E-state index contributed by atoms with van der Waals surface area (Å²) in [6.45, 7) is 40.1. The standard InChI is InChI=1S/C30H35N3.C30H34N3.C17H17NO2.C16H14Cl2N2.C14H23N.C9H9ClO.C8H9NO.Cl5P.Ir/c2*1-6-7-8-10-16-25-19-23(4)28(24(5)20-25)33-29(26-17-11-9-12-18-26)31-32-30(33)27-21(2)14-13-15-22(27)3;1-12-7-6-8-13(2)16(12)17(20)18-11-15(19)14-9-4-3-5-10-14;1-11-7-6-8-12(2)14(11)16(18)20-19-15(17)13-9-4-3-5-10-13;1-4-5-6-7-8-13-9-11(2)14(15)12(3)10-13;1-6-4-3-5-7(2)8(6)9(10)11;9-6-8(10)7-4-2-1-3-5-7;1-6(2,3,4)5;/h9,11-15,17-20H,6-8,10,16H2,1-5H3;9,11-15,17,19-20H,6-8,10,16H2,1-5H3;3-10H,11H2,1-2H3,(H,18,20);3-10H,1-2H3;9-10H,4-8,15H2,1-3H3;3-5H,1-2H3;1-5H,6,9H2;;/q;-1;;;;;;;/b;;;19-15+,20-16-;;;;;. The molecule has 0 atom stereocenters. The van der Waals surface area contributed by atoms with E-state index < -0.39 is 3.37 Å². The average Bonchev–Trinajstić information content (AvgIpc) is 1.63. The van der Waals surface area contributed by atoms with Gasteiger partial charge in [0, 0.05) is 81.6 Å². The Hall–Kier alpha value is -10.9. The first-order valence-electron chi connectivity index (χ1n) is 50.4. The molecule has 15 nitrogen and oxygen atoms in total. The summed E-state index contributed by atoms with van der Waals surface area (Å²) < 4.78 is 0.828. The van der Waals surface area contributed by atoms with E-state index in [4.69, 9.17) is 118 Å². The minimum atomic E-state index is -3.69. The molecular weight excluding hydrogens is 2210 g/mol. The van der Waals surface area contributed by atoms with E-state index >= 15 is 0 Å². The van der Waals surface area contributed by atoms with Gasteiger partial charge in [-0.05, 0) is 267 Å². The molecule has 0 spiro atoms. The van der Waals surface area contributed by atoms with Crippen molar-refractivity contribution in [3.05, 3.63) is 418 Å². The Labute approximate surface area is 936 Å². The smallest absolute Gasteiger partial charge is 0.176 e. The first kappa shape index (κ1) is 125. The number of carbonyl (C=O) groups excluding carboxylic acids is 4. The van der Waals surface area contributed by atoms with Crippen LogP contribution in [0.4, 0.5) is 5.69 Å². The van der Waals surface area contributed by atoms with Crippen LogP contribution in [-0.2, 0) is 39.4 Å². The zero-order valence-corrected chi connectivity index (χ0v) is 98.5. The number of halogens is 8. The maximum atomic E-state index is 12.2. The van der Waals surface area contributed by atoms with E-state index in [2.05, 4.69) is 229 Å². The molecule has 15 aromatic rings. The van der Waals surface area contributed by atoms with Crippen molar-refractivity contribution in [1.29, 1.82) is 0 Å². The first-order chi connectivity index (χ1) is 70.6. The Morgan fingerprint density at radius 1 is 0.342 bits per heavy atom. The Balaban J connectivity index is 0.000000241. The maximum Gasteiger partial charge on any atom is 0.176 e. The molecule has 25 heteroatoms. The van der Waals surface area contributed by atoms with Crippen LogP contribution in [0, 0.1) is 117 Å². The van der Waals surface area contributed by atoms with Crippen molar-refractivity contribution in [2.75, 3.05) is 18.8 Å². The molecule has 2 aromatic heterocycles. The van der Waals surface area contributed by atoms with Crippen molar-refractivity contribution < 1.29 is 39.3 Å². The van der Waals surface area contributed by atoms with Gasteiger partial charge >= 0.3 is 59.6 Å². The number of Topliss-reactive ketones (excluding diaryl/α,β-unsaturated/α-hetero) is 2. The number of ketones is 2. The first-order valence-corrected chi connectivity index (χ1v) is 58.3. The molecule has 2 heterocycles. The second-order valence-corrected chi connectivity index (χ2v) is 54.8. The molecule has 1 radical (unpaired) electrons. The Morgan fingerprint density at radius 2 is 0.651 bits per heavy atom. The Kier molecular flexibility index (Phi) is 52.7. The zero-order valence-electron chi connectivity index (χ0n) is 89.2. The number of carbonyl (C=O) groups is 4. The SMILES string of the molecule is CCCCCCc1cc(C)c(-n2c(-c3[c-]cccc3)nnc2-c2c(C)cccc2C)c(C)c1.CCCCCCc1cc(C)c(-n2c(-c3ccccc3)nnc2-c2c(C)cccc2C)c(C)c1.CCCCCCc1cc(C)c(N)c(C)c1.Cc1cccc(C)c1/C(Cl)=N/N=C(/Cl)c1ccccc1.Cc1cccc(C)c1C(=O)Cl.Cc1cccc(C)c1C(=O)NCC(=O)c1ccccc1.ClP(Cl)(Cl)(Cl)Cl.NCC(=O)c1ccccc1.[Ir]. The summed E-state index contributed by atoms with van der Waals surface area (Å²) in [5.41, 5.74) is 45.4. The van der Waals surface area contributed by atoms with Gasteiger partial charge in [-0.25, -0.2) is 0 Å².